The molecule has 2 amide bonds. The maximum Gasteiger partial charge on any atom is 0.276 e. The van der Waals surface area contributed by atoms with Crippen molar-refractivity contribution in [2.24, 2.45) is 0 Å². The summed E-state index contributed by atoms with van der Waals surface area (Å²) >= 11 is 4.96. The molecular weight excluding hydrogens is 354 g/mol. The lowest BCUT2D eigenvalue weighted by Gasteiger charge is -2.11. The van der Waals surface area contributed by atoms with Crippen molar-refractivity contribution in [2.75, 3.05) is 13.7 Å². The summed E-state index contributed by atoms with van der Waals surface area (Å²) in [6.45, 7) is -0.208. The van der Waals surface area contributed by atoms with Crippen LogP contribution in [0.4, 0.5) is 0 Å². The monoisotopic (exact) mass is 373 g/mol. The average molecular weight is 373 g/mol. The van der Waals surface area contributed by atoms with Crippen LogP contribution in [0.3, 0.4) is 0 Å². The molecule has 0 radical (unpaired) electrons. The third-order valence-electron chi connectivity index (χ3n) is 3.21. The molecule has 2 aromatic rings. The molecule has 0 aliphatic heterocycles. The molecule has 0 saturated carbocycles. The molecule has 0 spiro atoms. The Hall–Kier alpha value is -3.13. The van der Waals surface area contributed by atoms with Gasteiger partial charge in [0, 0.05) is 0 Å². The molecule has 26 heavy (non-hydrogen) atoms. The Morgan fingerprint density at radius 1 is 0.923 bits per heavy atom. The van der Waals surface area contributed by atoms with Crippen LogP contribution in [0.25, 0.3) is 0 Å². The number of hydrazine groups is 1. The molecule has 0 saturated heterocycles. The summed E-state index contributed by atoms with van der Waals surface area (Å²) in [7, 11) is 1.57. The Bertz CT molecular complexity index is 751. The van der Waals surface area contributed by atoms with E-state index < -0.39 is 5.91 Å². The first-order chi connectivity index (χ1) is 12.6. The SMILES string of the molecule is COc1ccc(OCC(=O)NNC(=S)NC(=O)Cc2ccccc2)cc1. The van der Waals surface area contributed by atoms with Crippen molar-refractivity contribution in [1.29, 1.82) is 0 Å². The number of carbonyl (C=O) groups is 2. The van der Waals surface area contributed by atoms with Crippen molar-refractivity contribution in [3.63, 3.8) is 0 Å². The molecule has 7 nitrogen and oxygen atoms in total. The van der Waals surface area contributed by atoms with Gasteiger partial charge in [0.25, 0.3) is 5.91 Å². The van der Waals surface area contributed by atoms with Crippen molar-refractivity contribution in [3.05, 3.63) is 60.2 Å². The number of hydrogen-bond acceptors (Lipinski definition) is 5. The predicted octanol–water partition coefficient (Wildman–Crippen LogP) is 1.34. The number of methoxy groups -OCH3 is 1. The summed E-state index contributed by atoms with van der Waals surface area (Å²) in [6, 6.07) is 16.1. The van der Waals surface area contributed by atoms with Gasteiger partial charge in [-0.15, -0.1) is 0 Å². The van der Waals surface area contributed by atoms with Crippen LogP contribution in [-0.2, 0) is 16.0 Å². The molecule has 0 unspecified atom stereocenters. The van der Waals surface area contributed by atoms with E-state index in [0.717, 1.165) is 5.56 Å². The lowest BCUT2D eigenvalue weighted by Crippen LogP contribution is -2.49. The van der Waals surface area contributed by atoms with Crippen molar-refractivity contribution in [2.45, 2.75) is 6.42 Å². The Morgan fingerprint density at radius 2 is 1.58 bits per heavy atom. The maximum absolute atomic E-state index is 11.8. The summed E-state index contributed by atoms with van der Waals surface area (Å²) in [5, 5.41) is 2.49. The van der Waals surface area contributed by atoms with Gasteiger partial charge in [0.15, 0.2) is 11.7 Å². The Kier molecular flexibility index (Phi) is 7.38. The topological polar surface area (TPSA) is 88.7 Å². The van der Waals surface area contributed by atoms with Crippen LogP contribution in [0.15, 0.2) is 54.6 Å². The van der Waals surface area contributed by atoms with Crippen LogP contribution >= 0.6 is 12.2 Å². The first kappa shape index (κ1) is 19.2. The van der Waals surface area contributed by atoms with Gasteiger partial charge in [-0.05, 0) is 42.0 Å². The van der Waals surface area contributed by atoms with Crippen LogP contribution in [0.5, 0.6) is 11.5 Å². The largest absolute Gasteiger partial charge is 0.497 e. The summed E-state index contributed by atoms with van der Waals surface area (Å²) in [6.07, 6.45) is 0.192. The van der Waals surface area contributed by atoms with Gasteiger partial charge in [0.1, 0.15) is 11.5 Å². The van der Waals surface area contributed by atoms with Crippen LogP contribution in [-0.4, -0.2) is 30.6 Å². The van der Waals surface area contributed by atoms with Crippen LogP contribution in [0.2, 0.25) is 0 Å². The predicted molar refractivity (Wildman–Crippen MR) is 101 cm³/mol. The van der Waals surface area contributed by atoms with Crippen LogP contribution in [0.1, 0.15) is 5.56 Å². The van der Waals surface area contributed by atoms with E-state index in [-0.39, 0.29) is 24.0 Å². The fourth-order valence-corrected chi connectivity index (χ4v) is 2.13. The van der Waals surface area contributed by atoms with Crippen LogP contribution in [0, 0.1) is 0 Å². The number of ether oxygens (including phenoxy) is 2. The quantitative estimate of drug-likeness (QED) is 0.523. The minimum Gasteiger partial charge on any atom is -0.497 e. The summed E-state index contributed by atoms with van der Waals surface area (Å²) in [4.78, 5) is 23.6. The van der Waals surface area contributed by atoms with Gasteiger partial charge in [0.05, 0.1) is 13.5 Å². The second-order valence-corrected chi connectivity index (χ2v) is 5.59. The van der Waals surface area contributed by atoms with E-state index in [4.69, 9.17) is 21.7 Å². The molecule has 0 aliphatic carbocycles. The molecule has 0 bridgehead atoms. The second-order valence-electron chi connectivity index (χ2n) is 5.18. The summed E-state index contributed by atoms with van der Waals surface area (Å²) in [5.41, 5.74) is 5.67. The molecule has 8 heteroatoms. The smallest absolute Gasteiger partial charge is 0.276 e. The van der Waals surface area contributed by atoms with E-state index in [9.17, 15) is 9.59 Å². The maximum atomic E-state index is 11.8. The molecule has 0 aromatic heterocycles. The highest BCUT2D eigenvalue weighted by Gasteiger charge is 2.07. The normalized spacial score (nSPS) is 9.73. The Balaban J connectivity index is 1.66. The van der Waals surface area contributed by atoms with Crippen molar-refractivity contribution >= 4 is 29.1 Å². The number of rotatable bonds is 6. The number of carbonyl (C=O) groups excluding carboxylic acids is 2. The molecule has 0 heterocycles. The lowest BCUT2D eigenvalue weighted by atomic mass is 10.1. The Morgan fingerprint density at radius 3 is 2.23 bits per heavy atom. The van der Waals surface area contributed by atoms with Gasteiger partial charge in [-0.1, -0.05) is 30.3 Å². The first-order valence-corrected chi connectivity index (χ1v) is 8.17. The molecule has 3 N–H and O–H groups in total. The van der Waals surface area contributed by atoms with Gasteiger partial charge in [-0.2, -0.15) is 0 Å². The van der Waals surface area contributed by atoms with Gasteiger partial charge < -0.3 is 14.8 Å². The average Bonchev–Trinajstić information content (AvgIpc) is 2.65. The molecule has 2 aromatic carbocycles. The molecule has 0 aliphatic rings. The van der Waals surface area contributed by atoms with E-state index in [1.807, 2.05) is 30.3 Å². The number of thiocarbonyl (C=S) groups is 1. The Labute approximate surface area is 156 Å². The molecule has 2 rings (SSSR count). The zero-order valence-electron chi connectivity index (χ0n) is 14.2. The van der Waals surface area contributed by atoms with Crippen molar-refractivity contribution < 1.29 is 19.1 Å². The third kappa shape index (κ3) is 6.78. The van der Waals surface area contributed by atoms with Gasteiger partial charge in [0.2, 0.25) is 5.91 Å². The highest BCUT2D eigenvalue weighted by Crippen LogP contribution is 2.16. The number of hydrogen-bond donors (Lipinski definition) is 3. The van der Waals surface area contributed by atoms with E-state index in [0.29, 0.717) is 11.5 Å². The van der Waals surface area contributed by atoms with Gasteiger partial charge in [-0.25, -0.2) is 0 Å². The molecule has 0 atom stereocenters. The van der Waals surface area contributed by atoms with Gasteiger partial charge >= 0.3 is 0 Å². The zero-order chi connectivity index (χ0) is 18.8. The van der Waals surface area contributed by atoms with Crippen molar-refractivity contribution in [3.8, 4) is 11.5 Å². The number of benzene rings is 2. The van der Waals surface area contributed by atoms with E-state index >= 15 is 0 Å². The minimum atomic E-state index is -0.444. The summed E-state index contributed by atoms with van der Waals surface area (Å²) < 4.78 is 10.4. The fraction of sp³-hybridized carbons (Fsp3) is 0.167. The highest BCUT2D eigenvalue weighted by molar-refractivity contribution is 7.80. The molecule has 136 valence electrons. The molecule has 0 fully saturated rings. The molecular formula is C18H19N3O4S. The third-order valence-corrected chi connectivity index (χ3v) is 3.41. The van der Waals surface area contributed by atoms with Crippen LogP contribution < -0.4 is 25.6 Å². The van der Waals surface area contributed by atoms with E-state index in [2.05, 4.69) is 16.2 Å². The number of nitrogens with one attached hydrogen (secondary N) is 3. The van der Waals surface area contributed by atoms with Gasteiger partial charge in [-0.3, -0.25) is 20.4 Å². The number of amides is 2. The minimum absolute atomic E-state index is 0.00345. The standard InChI is InChI=1S/C18H19N3O4S/c1-24-14-7-9-15(10-8-14)25-12-17(23)20-21-18(26)19-16(22)11-13-5-3-2-4-6-13/h2-10H,11-12H2,1H3,(H,20,23)(H2,19,21,22,26). The highest BCUT2D eigenvalue weighted by atomic mass is 32.1. The zero-order valence-corrected chi connectivity index (χ0v) is 15.0. The second kappa shape index (κ2) is 10.00. The van der Waals surface area contributed by atoms with E-state index in [1.165, 1.54) is 0 Å². The van der Waals surface area contributed by atoms with E-state index in [1.54, 1.807) is 31.4 Å². The summed E-state index contributed by atoms with van der Waals surface area (Å²) in [5.74, 6) is 0.498. The fourth-order valence-electron chi connectivity index (χ4n) is 1.97. The van der Waals surface area contributed by atoms with Crippen molar-refractivity contribution in [1.82, 2.24) is 16.2 Å². The first-order valence-electron chi connectivity index (χ1n) is 7.76. The lowest BCUT2D eigenvalue weighted by molar-refractivity contribution is -0.124.